The van der Waals surface area contributed by atoms with Gasteiger partial charge in [-0.3, -0.25) is 5.41 Å². The second-order valence-electron chi connectivity index (χ2n) is 6.64. The van der Waals surface area contributed by atoms with Crippen LogP contribution in [-0.2, 0) is 26.0 Å². The molecule has 3 aromatic rings. The number of hydrogen-bond acceptors (Lipinski definition) is 7. The first-order valence-corrected chi connectivity index (χ1v) is 12.7. The fourth-order valence-electron chi connectivity index (χ4n) is 2.93. The third-order valence-corrected chi connectivity index (χ3v) is 8.81. The molecule has 33 heavy (non-hydrogen) atoms. The molecule has 0 amide bonds. The van der Waals surface area contributed by atoms with Crippen molar-refractivity contribution in [3.63, 3.8) is 0 Å². The van der Waals surface area contributed by atoms with E-state index in [2.05, 4.69) is 4.74 Å². The fraction of sp³-hybridized carbons (Fsp3) is 0.143. The second-order valence-corrected chi connectivity index (χ2v) is 10.7. The number of carbonyl (C=O) groups excluding carboxylic acids is 1. The Hall–Kier alpha value is -2.83. The van der Waals surface area contributed by atoms with Gasteiger partial charge in [-0.25, -0.2) is 13.2 Å². The Labute approximate surface area is 196 Å². The number of rotatable bonds is 7. The predicted molar refractivity (Wildman–Crippen MR) is 120 cm³/mol. The highest BCUT2D eigenvalue weighted by molar-refractivity contribution is 8.01. The van der Waals surface area contributed by atoms with E-state index in [-0.39, 0.29) is 21.2 Å². The van der Waals surface area contributed by atoms with E-state index in [0.717, 1.165) is 11.3 Å². The van der Waals surface area contributed by atoms with E-state index in [1.165, 1.54) is 42.1 Å². The topological polar surface area (TPSA) is 110 Å². The first-order chi connectivity index (χ1) is 15.4. The molecule has 0 aliphatic rings. The number of thioether (sulfide) groups is 1. The summed E-state index contributed by atoms with van der Waals surface area (Å²) in [4.78, 5) is 11.4. The quantitative estimate of drug-likeness (QED) is 0.202. The number of amidine groups is 1. The number of nitrogen functional groups attached to an aromatic ring is 1. The van der Waals surface area contributed by atoms with E-state index in [1.54, 1.807) is 30.5 Å². The van der Waals surface area contributed by atoms with Gasteiger partial charge in [0.15, 0.2) is 0 Å². The Morgan fingerprint density at radius 2 is 1.85 bits per heavy atom. The molecule has 0 unspecified atom stereocenters. The number of halogens is 3. The van der Waals surface area contributed by atoms with Crippen LogP contribution < -0.4 is 5.73 Å². The van der Waals surface area contributed by atoms with Crippen molar-refractivity contribution >= 4 is 44.7 Å². The number of nitrogens with one attached hydrogen (secondary N) is 1. The number of thiophene rings is 1. The molecule has 6 nitrogen and oxygen atoms in total. The van der Waals surface area contributed by atoms with Crippen LogP contribution in [-0.4, -0.2) is 32.7 Å². The van der Waals surface area contributed by atoms with Crippen LogP contribution in [0.3, 0.4) is 0 Å². The summed E-state index contributed by atoms with van der Waals surface area (Å²) >= 11 is 2.31. The number of alkyl halides is 3. The Morgan fingerprint density at radius 3 is 2.48 bits per heavy atom. The summed E-state index contributed by atoms with van der Waals surface area (Å²) in [5.41, 5.74) is 6.63. The van der Waals surface area contributed by atoms with E-state index in [1.807, 2.05) is 0 Å². The van der Waals surface area contributed by atoms with Gasteiger partial charge in [-0.1, -0.05) is 36.4 Å². The molecular weight excluding hydrogens is 497 g/mol. The largest absolute Gasteiger partial charge is 0.490 e. The summed E-state index contributed by atoms with van der Waals surface area (Å²) < 4.78 is 68.9. The van der Waals surface area contributed by atoms with Crippen LogP contribution in [0.15, 0.2) is 68.6 Å². The number of sulfone groups is 1. The van der Waals surface area contributed by atoms with Crippen molar-refractivity contribution in [1.82, 2.24) is 0 Å². The lowest BCUT2D eigenvalue weighted by atomic mass is 10.0. The van der Waals surface area contributed by atoms with Crippen molar-refractivity contribution in [3.05, 3.63) is 65.0 Å². The smallest absolute Gasteiger partial charge is 0.454 e. The van der Waals surface area contributed by atoms with Gasteiger partial charge in [0.25, 0.3) is 0 Å². The molecule has 174 valence electrons. The Morgan fingerprint density at radius 1 is 1.15 bits per heavy atom. The highest BCUT2D eigenvalue weighted by atomic mass is 32.2. The van der Waals surface area contributed by atoms with E-state index < -0.39 is 28.6 Å². The summed E-state index contributed by atoms with van der Waals surface area (Å²) in [5.74, 6) is -2.55. The van der Waals surface area contributed by atoms with E-state index >= 15 is 0 Å². The lowest BCUT2D eigenvalue weighted by Crippen LogP contribution is -2.25. The molecule has 1 aromatic heterocycles. The van der Waals surface area contributed by atoms with Gasteiger partial charge in [-0.2, -0.15) is 13.2 Å². The molecule has 3 N–H and O–H groups in total. The number of carbonyl (C=O) groups is 1. The normalized spacial score (nSPS) is 11.9. The minimum absolute atomic E-state index is 0.0229. The monoisotopic (exact) mass is 514 g/mol. The Bertz CT molecular complexity index is 1320. The van der Waals surface area contributed by atoms with Crippen molar-refractivity contribution in [2.75, 3.05) is 6.26 Å². The maximum Gasteiger partial charge on any atom is 0.490 e. The molecule has 0 aliphatic carbocycles. The van der Waals surface area contributed by atoms with Gasteiger partial charge >= 0.3 is 12.1 Å². The molecule has 1 heterocycles. The molecule has 0 radical (unpaired) electrons. The number of esters is 1. The van der Waals surface area contributed by atoms with E-state index in [4.69, 9.17) is 11.1 Å². The van der Waals surface area contributed by atoms with Gasteiger partial charge in [0.1, 0.15) is 12.4 Å². The van der Waals surface area contributed by atoms with E-state index in [9.17, 15) is 26.4 Å². The van der Waals surface area contributed by atoms with Crippen molar-refractivity contribution < 1.29 is 31.1 Å². The Balaban J connectivity index is 2.00. The number of hydrogen-bond donors (Lipinski definition) is 2. The molecule has 0 spiro atoms. The van der Waals surface area contributed by atoms with Crippen LogP contribution in [0, 0.1) is 5.41 Å². The minimum Gasteiger partial charge on any atom is -0.454 e. The highest BCUT2D eigenvalue weighted by Gasteiger charge is 2.41. The maximum absolute atomic E-state index is 13.3. The highest BCUT2D eigenvalue weighted by Crippen LogP contribution is 2.38. The van der Waals surface area contributed by atoms with Crippen molar-refractivity contribution in [2.24, 2.45) is 5.73 Å². The molecule has 0 atom stereocenters. The van der Waals surface area contributed by atoms with E-state index in [0.29, 0.717) is 20.2 Å². The Kier molecular flexibility index (Phi) is 7.20. The third kappa shape index (κ3) is 5.40. The van der Waals surface area contributed by atoms with Crippen LogP contribution >= 0.6 is 23.1 Å². The molecular formula is C21H17F3N2O4S3. The fourth-order valence-corrected chi connectivity index (χ4v) is 6.83. The van der Waals surface area contributed by atoms with Gasteiger partial charge in [0, 0.05) is 0 Å². The van der Waals surface area contributed by atoms with Crippen LogP contribution in [0.4, 0.5) is 13.2 Å². The number of ether oxygens (including phenoxy) is 1. The molecule has 0 aliphatic heterocycles. The zero-order chi connectivity index (χ0) is 24.4. The molecule has 2 aromatic carbocycles. The zero-order valence-electron chi connectivity index (χ0n) is 17.0. The average Bonchev–Trinajstić information content (AvgIpc) is 3.23. The lowest BCUT2D eigenvalue weighted by molar-refractivity contribution is -0.201. The standard InChI is InChI=1S/C21H17F3N2O4S3/c1-31-19-17(10-16(32-19)18(25)26)33(28,29)14-7-4-6-12(9-14)15-8-3-2-5-13(15)11-30-20(27)21(22,23)24/h2-10H,11H2,1H3,(H3,25,26). The first-order valence-electron chi connectivity index (χ1n) is 9.14. The molecule has 0 fully saturated rings. The van der Waals surface area contributed by atoms with Gasteiger partial charge in [0.2, 0.25) is 9.84 Å². The molecule has 0 bridgehead atoms. The lowest BCUT2D eigenvalue weighted by Gasteiger charge is -2.13. The summed E-state index contributed by atoms with van der Waals surface area (Å²) in [6.07, 6.45) is -3.40. The summed E-state index contributed by atoms with van der Waals surface area (Å²) in [6.45, 7) is -0.630. The van der Waals surface area contributed by atoms with Crippen molar-refractivity contribution in [2.45, 2.75) is 26.8 Å². The number of nitrogens with two attached hydrogens (primary N) is 1. The predicted octanol–water partition coefficient (Wildman–Crippen LogP) is 4.86. The molecule has 3 rings (SSSR count). The van der Waals surface area contributed by atoms with Gasteiger partial charge < -0.3 is 10.5 Å². The van der Waals surface area contributed by atoms with Gasteiger partial charge in [-0.05, 0) is 41.1 Å². The SMILES string of the molecule is CSc1sc(C(=N)N)cc1S(=O)(=O)c1cccc(-c2ccccc2COC(=O)C(F)(F)F)c1. The van der Waals surface area contributed by atoms with Gasteiger partial charge in [0.05, 0.1) is 18.9 Å². The van der Waals surface area contributed by atoms with Crippen LogP contribution in [0.1, 0.15) is 10.4 Å². The van der Waals surface area contributed by atoms with Crippen molar-refractivity contribution in [3.8, 4) is 11.1 Å². The molecule has 0 saturated heterocycles. The zero-order valence-corrected chi connectivity index (χ0v) is 19.4. The summed E-state index contributed by atoms with van der Waals surface area (Å²) in [6, 6.07) is 13.6. The van der Waals surface area contributed by atoms with Crippen LogP contribution in [0.25, 0.3) is 11.1 Å². The third-order valence-electron chi connectivity index (χ3n) is 4.47. The summed E-state index contributed by atoms with van der Waals surface area (Å²) in [7, 11) is -3.98. The van der Waals surface area contributed by atoms with Gasteiger partial charge in [-0.15, -0.1) is 23.1 Å². The summed E-state index contributed by atoms with van der Waals surface area (Å²) in [5, 5.41) is 7.59. The van der Waals surface area contributed by atoms with Crippen LogP contribution in [0.2, 0.25) is 0 Å². The van der Waals surface area contributed by atoms with Crippen molar-refractivity contribution in [1.29, 1.82) is 5.41 Å². The minimum atomic E-state index is -5.11. The second kappa shape index (κ2) is 9.57. The average molecular weight is 515 g/mol. The van der Waals surface area contributed by atoms with Crippen LogP contribution in [0.5, 0.6) is 0 Å². The molecule has 0 saturated carbocycles. The maximum atomic E-state index is 13.3. The molecule has 12 heteroatoms. The number of benzene rings is 2. The first kappa shape index (κ1) is 24.8.